The van der Waals surface area contributed by atoms with Crippen molar-refractivity contribution in [3.63, 3.8) is 0 Å². The van der Waals surface area contributed by atoms with Gasteiger partial charge < -0.3 is 15.0 Å². The number of hydrogen-bond acceptors (Lipinski definition) is 2. The van der Waals surface area contributed by atoms with E-state index >= 15 is 0 Å². The molecule has 5 aromatic rings. The highest BCUT2D eigenvalue weighted by molar-refractivity contribution is 5.91. The monoisotopic (exact) mass is 554 g/mol. The molecule has 0 atom stereocenters. The van der Waals surface area contributed by atoms with Crippen LogP contribution >= 0.6 is 0 Å². The molecule has 0 aliphatic heterocycles. The number of nitrogens with zero attached hydrogens (tertiary/aromatic N) is 1. The zero-order chi connectivity index (χ0) is 29.1. The average Bonchev–Trinajstić information content (AvgIpc) is 3.03. The predicted molar refractivity (Wildman–Crippen MR) is 172 cm³/mol. The molecule has 1 N–H and O–H groups in total. The van der Waals surface area contributed by atoms with Crippen LogP contribution in [0.25, 0.3) is 0 Å². The van der Waals surface area contributed by atoms with Crippen LogP contribution < -0.4 is 10.1 Å². The van der Waals surface area contributed by atoms with Crippen LogP contribution in [-0.4, -0.2) is 17.5 Å². The fourth-order valence-electron chi connectivity index (χ4n) is 5.33. The zero-order valence-corrected chi connectivity index (χ0v) is 24.4. The van der Waals surface area contributed by atoms with Crippen molar-refractivity contribution >= 4 is 11.7 Å². The summed E-state index contributed by atoms with van der Waals surface area (Å²) in [5.41, 5.74) is 7.59. The van der Waals surface area contributed by atoms with Gasteiger partial charge in [-0.25, -0.2) is 4.79 Å². The maximum atomic E-state index is 13.9. The normalized spacial score (nSPS) is 10.8. The average molecular weight is 555 g/mol. The molecule has 0 bridgehead atoms. The Morgan fingerprint density at radius 3 is 1.86 bits per heavy atom. The molecule has 0 aliphatic carbocycles. The lowest BCUT2D eigenvalue weighted by Gasteiger charge is -2.27. The molecule has 0 unspecified atom stereocenters. The first-order chi connectivity index (χ1) is 20.6. The van der Waals surface area contributed by atoms with Crippen molar-refractivity contribution in [2.45, 2.75) is 39.3 Å². The maximum absolute atomic E-state index is 13.9. The number of urea groups is 1. The van der Waals surface area contributed by atoms with Crippen LogP contribution in [0.2, 0.25) is 0 Å². The van der Waals surface area contributed by atoms with E-state index in [0.717, 1.165) is 40.1 Å². The molecule has 4 nitrogen and oxygen atoms in total. The minimum atomic E-state index is -0.108. The Balaban J connectivity index is 1.38. The standard InChI is InChI=1S/C38H38N2O2/c1-29-14-12-15-30(2)37(29)39-38(41)40(25-24-36(33-19-8-4-9-20-33)34-21-10-5-11-22-34)27-32-18-13-23-35(26-32)42-28-31-16-6-3-7-17-31/h3-23,26,36H,24-25,27-28H2,1-2H3,(H,39,41). The number of anilines is 1. The maximum Gasteiger partial charge on any atom is 0.322 e. The number of nitrogens with one attached hydrogen (secondary N) is 1. The number of carbonyl (C=O) groups excluding carboxylic acids is 1. The van der Waals surface area contributed by atoms with Gasteiger partial charge in [0.05, 0.1) is 0 Å². The van der Waals surface area contributed by atoms with Crippen molar-refractivity contribution < 1.29 is 9.53 Å². The number of ether oxygens (including phenoxy) is 1. The van der Waals surface area contributed by atoms with Crippen LogP contribution in [0.4, 0.5) is 10.5 Å². The second-order valence-corrected chi connectivity index (χ2v) is 10.7. The lowest BCUT2D eigenvalue weighted by atomic mass is 9.88. The molecule has 5 rings (SSSR count). The van der Waals surface area contributed by atoms with Crippen LogP contribution in [0.5, 0.6) is 5.75 Å². The summed E-state index contributed by atoms with van der Waals surface area (Å²) in [6.07, 6.45) is 0.790. The first kappa shape index (κ1) is 28.7. The van der Waals surface area contributed by atoms with Gasteiger partial charge in [0, 0.05) is 24.7 Å². The van der Waals surface area contributed by atoms with E-state index in [4.69, 9.17) is 4.74 Å². The summed E-state index contributed by atoms with van der Waals surface area (Å²) in [4.78, 5) is 15.8. The van der Waals surface area contributed by atoms with Gasteiger partial charge in [-0.15, -0.1) is 0 Å². The third-order valence-electron chi connectivity index (χ3n) is 7.61. The SMILES string of the molecule is Cc1cccc(C)c1NC(=O)N(CCC(c1ccccc1)c1ccccc1)Cc1cccc(OCc2ccccc2)c1. The number of benzene rings is 5. The Morgan fingerprint density at radius 1 is 0.690 bits per heavy atom. The minimum absolute atomic E-state index is 0.108. The molecule has 42 heavy (non-hydrogen) atoms. The molecule has 0 aliphatic rings. The van der Waals surface area contributed by atoms with Gasteiger partial charge in [-0.1, -0.05) is 121 Å². The predicted octanol–water partition coefficient (Wildman–Crippen LogP) is 9.14. The van der Waals surface area contributed by atoms with Gasteiger partial charge in [0.1, 0.15) is 12.4 Å². The number of aryl methyl sites for hydroxylation is 2. The van der Waals surface area contributed by atoms with Crippen LogP contribution in [-0.2, 0) is 13.2 Å². The summed E-state index contributed by atoms with van der Waals surface area (Å²) in [5, 5.41) is 3.22. The molecule has 0 saturated carbocycles. The Bertz CT molecular complexity index is 1510. The number of amides is 2. The third-order valence-corrected chi connectivity index (χ3v) is 7.61. The van der Waals surface area contributed by atoms with E-state index in [9.17, 15) is 4.79 Å². The highest BCUT2D eigenvalue weighted by Gasteiger charge is 2.20. The van der Waals surface area contributed by atoms with Crippen molar-refractivity contribution in [3.8, 4) is 5.75 Å². The molecule has 5 aromatic carbocycles. The van der Waals surface area contributed by atoms with Crippen molar-refractivity contribution in [3.05, 3.63) is 167 Å². The van der Waals surface area contributed by atoms with E-state index in [0.29, 0.717) is 19.7 Å². The van der Waals surface area contributed by atoms with Gasteiger partial charge in [-0.2, -0.15) is 0 Å². The van der Waals surface area contributed by atoms with Gasteiger partial charge in [0.25, 0.3) is 0 Å². The van der Waals surface area contributed by atoms with Crippen molar-refractivity contribution in [1.82, 2.24) is 4.90 Å². The molecule has 0 saturated heterocycles. The van der Waals surface area contributed by atoms with Crippen LogP contribution in [0.3, 0.4) is 0 Å². The topological polar surface area (TPSA) is 41.6 Å². The molecular formula is C38H38N2O2. The Labute approximate surface area is 249 Å². The molecule has 4 heteroatoms. The summed E-state index contributed by atoms with van der Waals surface area (Å²) in [7, 11) is 0. The van der Waals surface area contributed by atoms with Gasteiger partial charge in [0.15, 0.2) is 0 Å². The van der Waals surface area contributed by atoms with E-state index in [1.807, 2.05) is 85.5 Å². The summed E-state index contributed by atoms with van der Waals surface area (Å²) in [5.74, 6) is 0.960. The van der Waals surface area contributed by atoms with Crippen LogP contribution in [0.1, 0.15) is 45.7 Å². The number of para-hydroxylation sites is 1. The number of carbonyl (C=O) groups is 1. The molecule has 0 radical (unpaired) electrons. The van der Waals surface area contributed by atoms with Crippen LogP contribution in [0.15, 0.2) is 133 Å². The third kappa shape index (κ3) is 7.67. The summed E-state index contributed by atoms with van der Waals surface area (Å²) in [6.45, 7) is 5.61. The second kappa shape index (κ2) is 14.2. The smallest absolute Gasteiger partial charge is 0.322 e. The molecule has 0 aromatic heterocycles. The first-order valence-electron chi connectivity index (χ1n) is 14.5. The highest BCUT2D eigenvalue weighted by atomic mass is 16.5. The Morgan fingerprint density at radius 2 is 1.24 bits per heavy atom. The molecule has 0 spiro atoms. The van der Waals surface area contributed by atoms with Crippen LogP contribution in [0, 0.1) is 13.8 Å². The molecular weight excluding hydrogens is 516 g/mol. The highest BCUT2D eigenvalue weighted by Crippen LogP contribution is 2.29. The van der Waals surface area contributed by atoms with E-state index in [-0.39, 0.29) is 11.9 Å². The van der Waals surface area contributed by atoms with Gasteiger partial charge in [-0.3, -0.25) is 0 Å². The Hall–Kier alpha value is -4.83. The number of hydrogen-bond donors (Lipinski definition) is 1. The minimum Gasteiger partial charge on any atom is -0.489 e. The summed E-state index contributed by atoms with van der Waals surface area (Å²) >= 11 is 0. The van der Waals surface area contributed by atoms with Gasteiger partial charge >= 0.3 is 6.03 Å². The Kier molecular flexibility index (Phi) is 9.69. The van der Waals surface area contributed by atoms with Gasteiger partial charge in [-0.05, 0) is 65.8 Å². The number of rotatable bonds is 11. The largest absolute Gasteiger partial charge is 0.489 e. The lowest BCUT2D eigenvalue weighted by molar-refractivity contribution is 0.207. The summed E-state index contributed by atoms with van der Waals surface area (Å²) in [6, 6.07) is 45.3. The molecule has 0 fully saturated rings. The van der Waals surface area contributed by atoms with E-state index in [1.165, 1.54) is 11.1 Å². The quantitative estimate of drug-likeness (QED) is 0.177. The van der Waals surface area contributed by atoms with E-state index < -0.39 is 0 Å². The van der Waals surface area contributed by atoms with E-state index in [2.05, 4.69) is 72.0 Å². The fourth-order valence-corrected chi connectivity index (χ4v) is 5.33. The molecule has 212 valence electrons. The molecule has 2 amide bonds. The lowest BCUT2D eigenvalue weighted by Crippen LogP contribution is -2.36. The van der Waals surface area contributed by atoms with Crippen molar-refractivity contribution in [1.29, 1.82) is 0 Å². The fraction of sp³-hybridized carbons (Fsp3) is 0.184. The summed E-state index contributed by atoms with van der Waals surface area (Å²) < 4.78 is 6.10. The van der Waals surface area contributed by atoms with Gasteiger partial charge in [0.2, 0.25) is 0 Å². The first-order valence-corrected chi connectivity index (χ1v) is 14.5. The molecule has 0 heterocycles. The van der Waals surface area contributed by atoms with Crippen molar-refractivity contribution in [2.75, 3.05) is 11.9 Å². The second-order valence-electron chi connectivity index (χ2n) is 10.7. The zero-order valence-electron chi connectivity index (χ0n) is 24.4. The van der Waals surface area contributed by atoms with E-state index in [1.54, 1.807) is 0 Å². The van der Waals surface area contributed by atoms with Crippen molar-refractivity contribution in [2.24, 2.45) is 0 Å².